The molecule has 1 aromatic carbocycles. The van der Waals surface area contributed by atoms with Crippen molar-refractivity contribution in [1.29, 1.82) is 0 Å². The normalized spacial score (nSPS) is 16.5. The van der Waals surface area contributed by atoms with Crippen LogP contribution in [0.4, 0.5) is 8.78 Å². The maximum atomic E-state index is 13.2. The first-order chi connectivity index (χ1) is 9.56. The van der Waals surface area contributed by atoms with Gasteiger partial charge < -0.3 is 0 Å². The fourth-order valence-corrected chi connectivity index (χ4v) is 2.65. The standard InChI is InChI=1S/C18H20F2/c1-13(15-6-4-3-5-7-15)8-9-14(2)16-10-17(19)12-18(20)11-16/h8-12,15H,1-7H2/b9-8-. The molecule has 0 aliphatic heterocycles. The van der Waals surface area contributed by atoms with Gasteiger partial charge in [-0.1, -0.05) is 50.1 Å². The zero-order valence-electron chi connectivity index (χ0n) is 11.7. The van der Waals surface area contributed by atoms with Crippen LogP contribution in [0.3, 0.4) is 0 Å². The van der Waals surface area contributed by atoms with Gasteiger partial charge in [0, 0.05) is 6.07 Å². The molecule has 1 aromatic rings. The number of benzene rings is 1. The third kappa shape index (κ3) is 3.89. The van der Waals surface area contributed by atoms with Gasteiger partial charge in [0.2, 0.25) is 0 Å². The number of allylic oxidation sites excluding steroid dienone is 4. The SMILES string of the molecule is C=C(/C=C\C(=C)C1CCCCC1)c1cc(F)cc(F)c1. The van der Waals surface area contributed by atoms with Crippen molar-refractivity contribution in [3.8, 4) is 0 Å². The highest BCUT2D eigenvalue weighted by Crippen LogP contribution is 2.30. The number of rotatable bonds is 4. The summed E-state index contributed by atoms with van der Waals surface area (Å²) >= 11 is 0. The van der Waals surface area contributed by atoms with Gasteiger partial charge in [-0.2, -0.15) is 0 Å². The Bertz CT molecular complexity index is 514. The van der Waals surface area contributed by atoms with Gasteiger partial charge in [0.25, 0.3) is 0 Å². The zero-order valence-corrected chi connectivity index (χ0v) is 11.7. The maximum absolute atomic E-state index is 13.2. The van der Waals surface area contributed by atoms with Gasteiger partial charge >= 0.3 is 0 Å². The van der Waals surface area contributed by atoms with Crippen LogP contribution >= 0.6 is 0 Å². The van der Waals surface area contributed by atoms with Crippen LogP contribution in [0, 0.1) is 17.6 Å². The molecule has 0 N–H and O–H groups in total. The largest absolute Gasteiger partial charge is 0.207 e. The van der Waals surface area contributed by atoms with Crippen LogP contribution in [0.5, 0.6) is 0 Å². The van der Waals surface area contributed by atoms with Gasteiger partial charge in [-0.05, 0) is 42.0 Å². The van der Waals surface area contributed by atoms with Crippen LogP contribution in [0.2, 0.25) is 0 Å². The van der Waals surface area contributed by atoms with E-state index in [9.17, 15) is 8.78 Å². The minimum atomic E-state index is -0.583. The minimum absolute atomic E-state index is 0.468. The molecule has 0 saturated heterocycles. The van der Waals surface area contributed by atoms with E-state index in [4.69, 9.17) is 0 Å². The topological polar surface area (TPSA) is 0 Å². The second-order valence-corrected chi connectivity index (χ2v) is 5.43. The average molecular weight is 274 g/mol. The van der Waals surface area contributed by atoms with Crippen LogP contribution in [0.15, 0.2) is 49.1 Å². The Morgan fingerprint density at radius 2 is 1.55 bits per heavy atom. The summed E-state index contributed by atoms with van der Waals surface area (Å²) in [5.41, 5.74) is 2.15. The van der Waals surface area contributed by atoms with Crippen molar-refractivity contribution in [2.24, 2.45) is 5.92 Å². The second-order valence-electron chi connectivity index (χ2n) is 5.43. The molecule has 0 bridgehead atoms. The molecule has 1 aliphatic carbocycles. The molecule has 1 saturated carbocycles. The number of halogens is 2. The molecule has 0 heterocycles. The third-order valence-corrected chi connectivity index (χ3v) is 3.86. The molecule has 0 atom stereocenters. The summed E-state index contributed by atoms with van der Waals surface area (Å²) in [5.74, 6) is -0.627. The molecule has 1 fully saturated rings. The van der Waals surface area contributed by atoms with Gasteiger partial charge in [0.1, 0.15) is 11.6 Å². The quantitative estimate of drug-likeness (QED) is 0.620. The lowest BCUT2D eigenvalue weighted by Gasteiger charge is -2.21. The summed E-state index contributed by atoms with van der Waals surface area (Å²) in [5, 5.41) is 0. The van der Waals surface area contributed by atoms with E-state index < -0.39 is 11.6 Å². The van der Waals surface area contributed by atoms with Crippen LogP contribution in [-0.4, -0.2) is 0 Å². The molecule has 0 radical (unpaired) electrons. The van der Waals surface area contributed by atoms with E-state index in [-0.39, 0.29) is 0 Å². The lowest BCUT2D eigenvalue weighted by atomic mass is 9.84. The lowest BCUT2D eigenvalue weighted by molar-refractivity contribution is 0.409. The van der Waals surface area contributed by atoms with E-state index in [2.05, 4.69) is 13.2 Å². The summed E-state index contributed by atoms with van der Waals surface area (Å²) < 4.78 is 26.3. The first kappa shape index (κ1) is 14.7. The van der Waals surface area contributed by atoms with Crippen molar-refractivity contribution < 1.29 is 8.78 Å². The Morgan fingerprint density at radius 3 is 2.15 bits per heavy atom. The molecule has 1 aliphatic rings. The van der Waals surface area contributed by atoms with Crippen molar-refractivity contribution in [3.05, 3.63) is 66.3 Å². The van der Waals surface area contributed by atoms with Gasteiger partial charge in [0.05, 0.1) is 0 Å². The van der Waals surface area contributed by atoms with E-state index >= 15 is 0 Å². The molecule has 106 valence electrons. The third-order valence-electron chi connectivity index (χ3n) is 3.86. The highest BCUT2D eigenvalue weighted by atomic mass is 19.1. The monoisotopic (exact) mass is 274 g/mol. The van der Waals surface area contributed by atoms with Crippen molar-refractivity contribution >= 4 is 5.57 Å². The summed E-state index contributed by atoms with van der Waals surface area (Å²) in [6, 6.07) is 3.44. The molecule has 2 rings (SSSR count). The molecule has 0 aromatic heterocycles. The highest BCUT2D eigenvalue weighted by molar-refractivity contribution is 5.72. The zero-order chi connectivity index (χ0) is 14.5. The van der Waals surface area contributed by atoms with Crippen LogP contribution < -0.4 is 0 Å². The first-order valence-electron chi connectivity index (χ1n) is 7.08. The molecule has 2 heteroatoms. The molecule has 0 amide bonds. The predicted molar refractivity (Wildman–Crippen MR) is 80.2 cm³/mol. The van der Waals surface area contributed by atoms with E-state index in [0.29, 0.717) is 17.1 Å². The minimum Gasteiger partial charge on any atom is -0.207 e. The van der Waals surface area contributed by atoms with Crippen LogP contribution in [0.25, 0.3) is 5.57 Å². The molecular formula is C18H20F2. The molecule has 0 nitrogen and oxygen atoms in total. The van der Waals surface area contributed by atoms with Crippen molar-refractivity contribution in [3.63, 3.8) is 0 Å². The summed E-state index contributed by atoms with van der Waals surface area (Å²) in [4.78, 5) is 0. The van der Waals surface area contributed by atoms with Crippen molar-refractivity contribution in [1.82, 2.24) is 0 Å². The summed E-state index contributed by atoms with van der Waals surface area (Å²) in [6.45, 7) is 7.97. The van der Waals surface area contributed by atoms with Gasteiger partial charge in [-0.15, -0.1) is 0 Å². The first-order valence-corrected chi connectivity index (χ1v) is 7.08. The van der Waals surface area contributed by atoms with Crippen molar-refractivity contribution in [2.45, 2.75) is 32.1 Å². The molecule has 0 spiro atoms. The van der Waals surface area contributed by atoms with Gasteiger partial charge in [0.15, 0.2) is 0 Å². The molecular weight excluding hydrogens is 254 g/mol. The van der Waals surface area contributed by atoms with E-state index in [1.165, 1.54) is 44.2 Å². The van der Waals surface area contributed by atoms with Crippen LogP contribution in [-0.2, 0) is 0 Å². The Hall–Kier alpha value is -1.70. The van der Waals surface area contributed by atoms with Gasteiger partial charge in [-0.3, -0.25) is 0 Å². The Kier molecular flexibility index (Phi) is 4.89. The Morgan fingerprint density at radius 1 is 0.950 bits per heavy atom. The van der Waals surface area contributed by atoms with Crippen LogP contribution in [0.1, 0.15) is 37.7 Å². The predicted octanol–water partition coefficient (Wildman–Crippen LogP) is 5.67. The highest BCUT2D eigenvalue weighted by Gasteiger charge is 2.14. The molecule has 0 unspecified atom stereocenters. The lowest BCUT2D eigenvalue weighted by Crippen LogP contribution is -2.07. The van der Waals surface area contributed by atoms with E-state index in [0.717, 1.165) is 11.6 Å². The Balaban J connectivity index is 2.02. The number of hydrogen-bond donors (Lipinski definition) is 0. The smallest absolute Gasteiger partial charge is 0.126 e. The average Bonchev–Trinajstić information content (AvgIpc) is 2.44. The van der Waals surface area contributed by atoms with E-state index in [1.54, 1.807) is 6.08 Å². The number of hydrogen-bond acceptors (Lipinski definition) is 0. The fraction of sp³-hybridized carbons (Fsp3) is 0.333. The van der Waals surface area contributed by atoms with Crippen molar-refractivity contribution in [2.75, 3.05) is 0 Å². The summed E-state index contributed by atoms with van der Waals surface area (Å²) in [7, 11) is 0. The second kappa shape index (κ2) is 6.65. The fourth-order valence-electron chi connectivity index (χ4n) is 2.65. The van der Waals surface area contributed by atoms with E-state index in [1.807, 2.05) is 6.08 Å². The Labute approximate surface area is 119 Å². The summed E-state index contributed by atoms with van der Waals surface area (Å²) in [6.07, 6.45) is 9.92. The maximum Gasteiger partial charge on any atom is 0.126 e. The molecule has 20 heavy (non-hydrogen) atoms. The van der Waals surface area contributed by atoms with Gasteiger partial charge in [-0.25, -0.2) is 8.78 Å².